The summed E-state index contributed by atoms with van der Waals surface area (Å²) >= 11 is 0. The summed E-state index contributed by atoms with van der Waals surface area (Å²) in [7, 11) is 0. The highest BCUT2D eigenvalue weighted by molar-refractivity contribution is 5.93. The first kappa shape index (κ1) is 11.2. The number of nitrogens with zero attached hydrogens (tertiary/aromatic N) is 1. The quantitative estimate of drug-likeness (QED) is 0.474. The van der Waals surface area contributed by atoms with Gasteiger partial charge in [0.25, 0.3) is 0 Å². The Bertz CT molecular complexity index is 375. The van der Waals surface area contributed by atoms with Gasteiger partial charge in [-0.15, -0.1) is 0 Å². The first-order valence-electron chi connectivity index (χ1n) is 4.45. The SMILES string of the molecule is NC/C=C/N(N)c1cccc(C(N)=O)c1. The molecule has 0 radical (unpaired) electrons. The molecule has 1 aromatic rings. The van der Waals surface area contributed by atoms with E-state index in [4.69, 9.17) is 17.3 Å². The van der Waals surface area contributed by atoms with Crippen LogP contribution in [0.25, 0.3) is 0 Å². The normalized spacial score (nSPS) is 10.5. The monoisotopic (exact) mass is 206 g/mol. The molecule has 0 fully saturated rings. The zero-order valence-electron chi connectivity index (χ0n) is 8.26. The second kappa shape index (κ2) is 5.14. The maximum Gasteiger partial charge on any atom is 0.248 e. The van der Waals surface area contributed by atoms with Crippen molar-refractivity contribution in [2.45, 2.75) is 0 Å². The maximum absolute atomic E-state index is 10.9. The third-order valence-corrected chi connectivity index (χ3v) is 1.83. The topological polar surface area (TPSA) is 98.4 Å². The van der Waals surface area contributed by atoms with Crippen LogP contribution in [0, 0.1) is 0 Å². The molecule has 0 spiro atoms. The van der Waals surface area contributed by atoms with Gasteiger partial charge < -0.3 is 11.5 Å². The summed E-state index contributed by atoms with van der Waals surface area (Å²) in [6.07, 6.45) is 3.33. The van der Waals surface area contributed by atoms with Gasteiger partial charge in [0.2, 0.25) is 5.91 Å². The minimum atomic E-state index is -0.479. The van der Waals surface area contributed by atoms with Crippen molar-refractivity contribution in [3.8, 4) is 0 Å². The van der Waals surface area contributed by atoms with E-state index in [1.165, 1.54) is 5.01 Å². The van der Waals surface area contributed by atoms with Crippen LogP contribution >= 0.6 is 0 Å². The molecule has 0 aliphatic carbocycles. The third-order valence-electron chi connectivity index (χ3n) is 1.83. The lowest BCUT2D eigenvalue weighted by atomic mass is 10.2. The Morgan fingerprint density at radius 3 is 2.80 bits per heavy atom. The number of rotatable bonds is 4. The predicted molar refractivity (Wildman–Crippen MR) is 59.8 cm³/mol. The minimum Gasteiger partial charge on any atom is -0.366 e. The lowest BCUT2D eigenvalue weighted by molar-refractivity contribution is 0.100. The van der Waals surface area contributed by atoms with Gasteiger partial charge in [-0.05, 0) is 18.2 Å². The molecule has 1 amide bonds. The van der Waals surface area contributed by atoms with E-state index in [1.54, 1.807) is 36.5 Å². The number of nitrogens with two attached hydrogens (primary N) is 3. The molecule has 1 rings (SSSR count). The number of hydrazine groups is 1. The summed E-state index contributed by atoms with van der Waals surface area (Å²) in [4.78, 5) is 10.9. The molecular weight excluding hydrogens is 192 g/mol. The van der Waals surface area contributed by atoms with E-state index >= 15 is 0 Å². The first-order valence-corrected chi connectivity index (χ1v) is 4.45. The van der Waals surface area contributed by atoms with Gasteiger partial charge in [-0.3, -0.25) is 9.80 Å². The minimum absolute atomic E-state index is 0.406. The number of amides is 1. The molecule has 0 aliphatic rings. The van der Waals surface area contributed by atoms with Crippen molar-refractivity contribution >= 4 is 11.6 Å². The summed E-state index contributed by atoms with van der Waals surface area (Å²) in [5.41, 5.74) is 11.5. The molecule has 5 heteroatoms. The van der Waals surface area contributed by atoms with E-state index in [1.807, 2.05) is 0 Å². The van der Waals surface area contributed by atoms with Crippen molar-refractivity contribution in [3.05, 3.63) is 42.1 Å². The van der Waals surface area contributed by atoms with Gasteiger partial charge in [-0.25, -0.2) is 5.84 Å². The number of anilines is 1. The summed E-state index contributed by atoms with van der Waals surface area (Å²) in [6.45, 7) is 0.406. The molecule has 0 saturated heterocycles. The Labute approximate surface area is 88.1 Å². The number of carbonyl (C=O) groups is 1. The van der Waals surface area contributed by atoms with Gasteiger partial charge in [-0.1, -0.05) is 12.1 Å². The summed E-state index contributed by atoms with van der Waals surface area (Å²) in [6, 6.07) is 6.73. The molecule has 15 heavy (non-hydrogen) atoms. The van der Waals surface area contributed by atoms with Gasteiger partial charge in [0.15, 0.2) is 0 Å². The van der Waals surface area contributed by atoms with Gasteiger partial charge in [0.05, 0.1) is 5.69 Å². The molecule has 1 aromatic carbocycles. The molecule has 0 atom stereocenters. The van der Waals surface area contributed by atoms with Crippen LogP contribution in [0.15, 0.2) is 36.5 Å². The highest BCUT2D eigenvalue weighted by Crippen LogP contribution is 2.13. The number of carbonyl (C=O) groups excluding carboxylic acids is 1. The largest absolute Gasteiger partial charge is 0.366 e. The fourth-order valence-electron chi connectivity index (χ4n) is 1.08. The van der Waals surface area contributed by atoms with E-state index in [0.717, 1.165) is 0 Å². The zero-order valence-corrected chi connectivity index (χ0v) is 8.26. The fourth-order valence-corrected chi connectivity index (χ4v) is 1.08. The van der Waals surface area contributed by atoms with Crippen LogP contribution in [0.5, 0.6) is 0 Å². The van der Waals surface area contributed by atoms with Crippen molar-refractivity contribution in [3.63, 3.8) is 0 Å². The Balaban J connectivity index is 2.90. The average Bonchev–Trinajstić information content (AvgIpc) is 2.26. The van der Waals surface area contributed by atoms with Crippen molar-refractivity contribution in [1.82, 2.24) is 0 Å². The van der Waals surface area contributed by atoms with Crippen LogP contribution in [0.2, 0.25) is 0 Å². The Kier molecular flexibility index (Phi) is 3.84. The van der Waals surface area contributed by atoms with Crippen molar-refractivity contribution in [1.29, 1.82) is 0 Å². The number of primary amides is 1. The first-order chi connectivity index (χ1) is 7.15. The van der Waals surface area contributed by atoms with Crippen molar-refractivity contribution in [2.75, 3.05) is 11.6 Å². The Hall–Kier alpha value is -1.85. The number of hydrogen-bond acceptors (Lipinski definition) is 4. The molecule has 0 aliphatic heterocycles. The highest BCUT2D eigenvalue weighted by atomic mass is 16.1. The van der Waals surface area contributed by atoms with E-state index in [2.05, 4.69) is 0 Å². The molecule has 5 nitrogen and oxygen atoms in total. The molecule has 0 bridgehead atoms. The van der Waals surface area contributed by atoms with Gasteiger partial charge in [-0.2, -0.15) is 0 Å². The lowest BCUT2D eigenvalue weighted by Gasteiger charge is -2.13. The summed E-state index contributed by atoms with van der Waals surface area (Å²) in [5, 5.41) is 1.37. The fraction of sp³-hybridized carbons (Fsp3) is 0.100. The van der Waals surface area contributed by atoms with Gasteiger partial charge >= 0.3 is 0 Å². The summed E-state index contributed by atoms with van der Waals surface area (Å²) < 4.78 is 0. The molecular formula is C10H14N4O. The highest BCUT2D eigenvalue weighted by Gasteiger charge is 2.02. The zero-order chi connectivity index (χ0) is 11.3. The standard InChI is InChI=1S/C10H14N4O/c11-5-2-6-14(13)9-4-1-3-8(7-9)10(12)15/h1-4,6-7H,5,11,13H2,(H2,12,15)/b6-2+. The van der Waals surface area contributed by atoms with Crippen LogP contribution in [0.1, 0.15) is 10.4 Å². The van der Waals surface area contributed by atoms with Crippen molar-refractivity contribution in [2.24, 2.45) is 17.3 Å². The van der Waals surface area contributed by atoms with Crippen LogP contribution in [0.4, 0.5) is 5.69 Å². The molecule has 0 saturated carbocycles. The van der Waals surface area contributed by atoms with E-state index in [0.29, 0.717) is 17.8 Å². The second-order valence-corrected chi connectivity index (χ2v) is 2.94. The van der Waals surface area contributed by atoms with Crippen LogP contribution < -0.4 is 22.3 Å². The van der Waals surface area contributed by atoms with Crippen molar-refractivity contribution < 1.29 is 4.79 Å². The maximum atomic E-state index is 10.9. The van der Waals surface area contributed by atoms with Crippen LogP contribution in [-0.2, 0) is 0 Å². The van der Waals surface area contributed by atoms with Crippen LogP contribution in [0.3, 0.4) is 0 Å². The van der Waals surface area contributed by atoms with Crippen LogP contribution in [-0.4, -0.2) is 12.5 Å². The number of hydrogen-bond donors (Lipinski definition) is 3. The third kappa shape index (κ3) is 3.08. The average molecular weight is 206 g/mol. The van der Waals surface area contributed by atoms with Gasteiger partial charge in [0, 0.05) is 18.3 Å². The van der Waals surface area contributed by atoms with E-state index in [-0.39, 0.29) is 0 Å². The number of benzene rings is 1. The lowest BCUT2D eigenvalue weighted by Crippen LogP contribution is -2.25. The predicted octanol–water partition coefficient (Wildman–Crippen LogP) is -0.0620. The molecule has 0 aromatic heterocycles. The Morgan fingerprint density at radius 1 is 1.47 bits per heavy atom. The molecule has 6 N–H and O–H groups in total. The van der Waals surface area contributed by atoms with E-state index < -0.39 is 5.91 Å². The second-order valence-electron chi connectivity index (χ2n) is 2.94. The smallest absolute Gasteiger partial charge is 0.248 e. The van der Waals surface area contributed by atoms with Gasteiger partial charge in [0.1, 0.15) is 0 Å². The summed E-state index contributed by atoms with van der Waals surface area (Å²) in [5.74, 6) is 5.21. The molecule has 80 valence electrons. The molecule has 0 unspecified atom stereocenters. The molecule has 0 heterocycles. The van der Waals surface area contributed by atoms with E-state index in [9.17, 15) is 4.79 Å². The Morgan fingerprint density at radius 2 is 2.20 bits per heavy atom.